The first kappa shape index (κ1) is 17.9. The van der Waals surface area contributed by atoms with Gasteiger partial charge in [0.05, 0.1) is 36.1 Å². The van der Waals surface area contributed by atoms with E-state index in [1.807, 2.05) is 6.07 Å². The van der Waals surface area contributed by atoms with Crippen molar-refractivity contribution in [3.05, 3.63) is 39.9 Å². The summed E-state index contributed by atoms with van der Waals surface area (Å²) in [7, 11) is 3.08. The van der Waals surface area contributed by atoms with Crippen LogP contribution in [0.4, 0.5) is 11.4 Å². The van der Waals surface area contributed by atoms with Crippen LogP contribution in [0.1, 0.15) is 17.0 Å². The van der Waals surface area contributed by atoms with Gasteiger partial charge in [0.1, 0.15) is 5.92 Å². The summed E-state index contributed by atoms with van der Waals surface area (Å²) in [4.78, 5) is 0. The summed E-state index contributed by atoms with van der Waals surface area (Å²) in [5.74, 6) is -0.0723. The van der Waals surface area contributed by atoms with Crippen LogP contribution in [0.15, 0.2) is 28.7 Å². The maximum atomic E-state index is 9.64. The number of benzene rings is 2. The van der Waals surface area contributed by atoms with Gasteiger partial charge in [0.15, 0.2) is 17.2 Å². The maximum absolute atomic E-state index is 9.64. The Morgan fingerprint density at radius 2 is 1.96 bits per heavy atom. The molecule has 0 aromatic heterocycles. The zero-order valence-corrected chi connectivity index (χ0v) is 15.8. The fourth-order valence-electron chi connectivity index (χ4n) is 3.12. The molecule has 0 fully saturated rings. The molecule has 2 aromatic carbocycles. The molecule has 0 aliphatic carbocycles. The van der Waals surface area contributed by atoms with Crippen LogP contribution in [0.5, 0.6) is 17.2 Å². The first-order chi connectivity index (χ1) is 12.4. The van der Waals surface area contributed by atoms with Crippen LogP contribution in [0.3, 0.4) is 0 Å². The molecule has 3 rings (SSSR count). The highest BCUT2D eigenvalue weighted by atomic mass is 79.9. The molecular weight excluding hydrogens is 400 g/mol. The van der Waals surface area contributed by atoms with Gasteiger partial charge in [-0.15, -0.1) is 0 Å². The van der Waals surface area contributed by atoms with Gasteiger partial charge in [-0.1, -0.05) is 6.07 Å². The van der Waals surface area contributed by atoms with E-state index in [4.69, 9.17) is 31.1 Å². The molecule has 2 aromatic rings. The highest BCUT2D eigenvalue weighted by Crippen LogP contribution is 2.48. The fraction of sp³-hybridized carbons (Fsp3) is 0.222. The number of anilines is 2. The van der Waals surface area contributed by atoms with Crippen molar-refractivity contribution in [1.82, 2.24) is 0 Å². The molecule has 5 N–H and O–H groups in total. The SMILES string of the molecule is COc1cc(C2c3ccc(N)c(N)c3OC(=N)C2C#N)cc(Br)c1OC. The molecule has 7 nitrogen and oxygen atoms in total. The quantitative estimate of drug-likeness (QED) is 0.658. The van der Waals surface area contributed by atoms with Gasteiger partial charge in [0, 0.05) is 11.5 Å². The largest absolute Gasteiger partial charge is 0.493 e. The number of rotatable bonds is 3. The second-order valence-corrected chi connectivity index (χ2v) is 6.63. The molecule has 2 atom stereocenters. The molecule has 0 spiro atoms. The standard InChI is InChI=1S/C18H17BrN4O3/c1-24-13-6-8(5-11(19)17(13)25-2)14-9-3-4-12(21)15(22)16(9)26-18(23)10(14)7-20/h3-6,10,14,23H,21-22H2,1-2H3. The summed E-state index contributed by atoms with van der Waals surface area (Å²) >= 11 is 3.47. The Kier molecular flexibility index (Phi) is 4.66. The summed E-state index contributed by atoms with van der Waals surface area (Å²) < 4.78 is 16.9. The Labute approximate surface area is 159 Å². The Balaban J connectivity index is 2.26. The van der Waals surface area contributed by atoms with Crippen LogP contribution >= 0.6 is 15.9 Å². The van der Waals surface area contributed by atoms with Crippen LogP contribution in [0.2, 0.25) is 0 Å². The van der Waals surface area contributed by atoms with Gasteiger partial charge in [-0.3, -0.25) is 5.41 Å². The molecule has 2 unspecified atom stereocenters. The van der Waals surface area contributed by atoms with Gasteiger partial charge < -0.3 is 25.7 Å². The molecule has 8 heteroatoms. The van der Waals surface area contributed by atoms with Crippen molar-refractivity contribution >= 4 is 33.2 Å². The Bertz CT molecular complexity index is 939. The van der Waals surface area contributed by atoms with Crippen molar-refractivity contribution in [3.8, 4) is 23.3 Å². The number of nitrogen functional groups attached to an aromatic ring is 2. The van der Waals surface area contributed by atoms with E-state index in [0.717, 1.165) is 5.56 Å². The van der Waals surface area contributed by atoms with Crippen molar-refractivity contribution < 1.29 is 14.2 Å². The monoisotopic (exact) mass is 416 g/mol. The van der Waals surface area contributed by atoms with Gasteiger partial charge >= 0.3 is 0 Å². The molecular formula is C18H17BrN4O3. The number of halogens is 1. The number of nitriles is 1. The van der Waals surface area contributed by atoms with E-state index >= 15 is 0 Å². The second kappa shape index (κ2) is 6.77. The van der Waals surface area contributed by atoms with Gasteiger partial charge in [0.25, 0.3) is 0 Å². The minimum absolute atomic E-state index is 0.173. The highest BCUT2D eigenvalue weighted by molar-refractivity contribution is 9.10. The molecule has 0 radical (unpaired) electrons. The summed E-state index contributed by atoms with van der Waals surface area (Å²) in [6, 6.07) is 9.22. The lowest BCUT2D eigenvalue weighted by Crippen LogP contribution is -2.31. The lowest BCUT2D eigenvalue weighted by molar-refractivity contribution is 0.352. The third-order valence-electron chi connectivity index (χ3n) is 4.38. The van der Waals surface area contributed by atoms with Crippen LogP contribution in [-0.4, -0.2) is 20.1 Å². The molecule has 26 heavy (non-hydrogen) atoms. The Morgan fingerprint density at radius 1 is 1.23 bits per heavy atom. The molecule has 134 valence electrons. The molecule has 1 heterocycles. The van der Waals surface area contributed by atoms with E-state index in [0.29, 0.717) is 33.0 Å². The number of ether oxygens (including phenoxy) is 3. The van der Waals surface area contributed by atoms with Gasteiger partial charge in [-0.25, -0.2) is 0 Å². The molecule has 1 aliphatic rings. The minimum Gasteiger partial charge on any atom is -0.493 e. The van der Waals surface area contributed by atoms with Crippen molar-refractivity contribution in [2.45, 2.75) is 5.92 Å². The van der Waals surface area contributed by atoms with Crippen molar-refractivity contribution in [1.29, 1.82) is 10.7 Å². The third-order valence-corrected chi connectivity index (χ3v) is 4.97. The summed E-state index contributed by atoms with van der Waals surface area (Å²) in [6.45, 7) is 0. The predicted octanol–water partition coefficient (Wildman–Crippen LogP) is 3.27. The topological polar surface area (TPSA) is 127 Å². The van der Waals surface area contributed by atoms with E-state index in [1.54, 1.807) is 25.3 Å². The van der Waals surface area contributed by atoms with Gasteiger partial charge in [-0.05, 0) is 39.7 Å². The smallest absolute Gasteiger partial charge is 0.205 e. The molecule has 0 saturated heterocycles. The van der Waals surface area contributed by atoms with Gasteiger partial charge in [-0.2, -0.15) is 5.26 Å². The number of nitrogens with one attached hydrogen (secondary N) is 1. The van der Waals surface area contributed by atoms with Crippen molar-refractivity contribution in [2.75, 3.05) is 25.7 Å². The number of nitrogens with zero attached hydrogens (tertiary/aromatic N) is 1. The number of hydrogen-bond acceptors (Lipinski definition) is 7. The Hall–Kier alpha value is -2.92. The van der Waals surface area contributed by atoms with Crippen LogP contribution < -0.4 is 25.7 Å². The second-order valence-electron chi connectivity index (χ2n) is 5.78. The average Bonchev–Trinajstić information content (AvgIpc) is 2.63. The van der Waals surface area contributed by atoms with E-state index in [2.05, 4.69) is 22.0 Å². The number of fused-ring (bicyclic) bond motifs is 1. The molecule has 0 saturated carbocycles. The highest BCUT2D eigenvalue weighted by Gasteiger charge is 2.38. The summed E-state index contributed by atoms with van der Waals surface area (Å²) in [6.07, 6.45) is 0. The number of hydrogen-bond donors (Lipinski definition) is 3. The lowest BCUT2D eigenvalue weighted by Gasteiger charge is -2.31. The fourth-order valence-corrected chi connectivity index (χ4v) is 3.74. The molecule has 1 aliphatic heterocycles. The van der Waals surface area contributed by atoms with Crippen LogP contribution in [-0.2, 0) is 0 Å². The third kappa shape index (κ3) is 2.70. The first-order valence-electron chi connectivity index (χ1n) is 7.68. The molecule has 0 amide bonds. The van der Waals surface area contributed by atoms with Crippen LogP contribution in [0, 0.1) is 22.7 Å². The van der Waals surface area contributed by atoms with E-state index < -0.39 is 11.8 Å². The van der Waals surface area contributed by atoms with Crippen molar-refractivity contribution in [3.63, 3.8) is 0 Å². The van der Waals surface area contributed by atoms with E-state index in [9.17, 15) is 5.26 Å². The van der Waals surface area contributed by atoms with E-state index in [1.165, 1.54) is 7.11 Å². The first-order valence-corrected chi connectivity index (χ1v) is 8.47. The molecule has 0 bridgehead atoms. The van der Waals surface area contributed by atoms with E-state index in [-0.39, 0.29) is 11.6 Å². The predicted molar refractivity (Wildman–Crippen MR) is 102 cm³/mol. The lowest BCUT2D eigenvalue weighted by atomic mass is 9.78. The van der Waals surface area contributed by atoms with Crippen LogP contribution in [0.25, 0.3) is 0 Å². The normalized spacial score (nSPS) is 18.5. The summed E-state index contributed by atoms with van der Waals surface area (Å²) in [5.41, 5.74) is 14.0. The number of methoxy groups -OCH3 is 2. The minimum atomic E-state index is -0.810. The van der Waals surface area contributed by atoms with Gasteiger partial charge in [0.2, 0.25) is 5.90 Å². The number of nitrogens with two attached hydrogens (primary N) is 2. The van der Waals surface area contributed by atoms with Crippen molar-refractivity contribution in [2.24, 2.45) is 5.92 Å². The zero-order valence-electron chi connectivity index (χ0n) is 14.2. The average molecular weight is 417 g/mol. The maximum Gasteiger partial charge on any atom is 0.205 e. The summed E-state index contributed by atoms with van der Waals surface area (Å²) in [5, 5.41) is 17.8. The zero-order chi connectivity index (χ0) is 19.0. The Morgan fingerprint density at radius 3 is 2.58 bits per heavy atom.